The van der Waals surface area contributed by atoms with Gasteiger partial charge in [-0.1, -0.05) is 41.4 Å². The van der Waals surface area contributed by atoms with Crippen LogP contribution in [0.15, 0.2) is 70.0 Å². The number of carbonyl (C=O) groups excluding carboxylic acids is 3. The maximum Gasteiger partial charge on any atom is 0.294 e. The number of amides is 3. The van der Waals surface area contributed by atoms with Gasteiger partial charge < -0.3 is 14.2 Å². The Morgan fingerprint density at radius 1 is 0.944 bits per heavy atom. The van der Waals surface area contributed by atoms with Crippen molar-refractivity contribution in [3.63, 3.8) is 0 Å². The van der Waals surface area contributed by atoms with Gasteiger partial charge in [0, 0.05) is 43.5 Å². The summed E-state index contributed by atoms with van der Waals surface area (Å²) in [5.41, 5.74) is 1.84. The van der Waals surface area contributed by atoms with E-state index < -0.39 is 11.1 Å². The van der Waals surface area contributed by atoms with Crippen molar-refractivity contribution in [3.05, 3.63) is 81.4 Å². The third-order valence-electron chi connectivity index (χ3n) is 6.02. The van der Waals surface area contributed by atoms with Crippen LogP contribution >= 0.6 is 35.0 Å². The topological polar surface area (TPSA) is 74.1 Å². The molecule has 0 spiro atoms. The van der Waals surface area contributed by atoms with Gasteiger partial charge in [-0.05, 0) is 54.2 Å². The summed E-state index contributed by atoms with van der Waals surface area (Å²) >= 11 is 12.8. The Labute approximate surface area is 222 Å². The zero-order valence-corrected chi connectivity index (χ0v) is 21.4. The van der Waals surface area contributed by atoms with Crippen LogP contribution in [-0.2, 0) is 9.59 Å². The molecule has 1 aromatic heterocycles. The SMILES string of the molecule is O=C(CN1C(=O)S/C(=C\c2ccc(-c3ccc(Cl)c(Cl)c3)o2)C1=O)N1CCN(c2ccccc2)CC1. The number of nitrogens with zero attached hydrogens (tertiary/aromatic N) is 3. The van der Waals surface area contributed by atoms with E-state index >= 15 is 0 Å². The van der Waals surface area contributed by atoms with Crippen molar-refractivity contribution in [1.29, 1.82) is 0 Å². The van der Waals surface area contributed by atoms with Crippen molar-refractivity contribution in [2.75, 3.05) is 37.6 Å². The number of carbonyl (C=O) groups is 3. The van der Waals surface area contributed by atoms with Crippen LogP contribution in [0, 0.1) is 0 Å². The number of piperazine rings is 1. The van der Waals surface area contributed by atoms with Gasteiger partial charge in [0.1, 0.15) is 18.1 Å². The van der Waals surface area contributed by atoms with Crippen LogP contribution in [0.5, 0.6) is 0 Å². The first kappa shape index (κ1) is 24.5. The number of para-hydroxylation sites is 1. The number of halogens is 2. The Balaban J connectivity index is 1.21. The lowest BCUT2D eigenvalue weighted by Gasteiger charge is -2.36. The Morgan fingerprint density at radius 3 is 2.42 bits per heavy atom. The molecule has 5 rings (SSSR count). The van der Waals surface area contributed by atoms with Gasteiger partial charge in [-0.15, -0.1) is 0 Å². The largest absolute Gasteiger partial charge is 0.457 e. The molecule has 184 valence electrons. The van der Waals surface area contributed by atoms with E-state index in [-0.39, 0.29) is 17.4 Å². The zero-order valence-electron chi connectivity index (χ0n) is 19.0. The van der Waals surface area contributed by atoms with E-state index in [1.165, 1.54) is 6.08 Å². The summed E-state index contributed by atoms with van der Waals surface area (Å²) in [6.45, 7) is 2.17. The van der Waals surface area contributed by atoms with E-state index in [2.05, 4.69) is 4.90 Å². The summed E-state index contributed by atoms with van der Waals surface area (Å²) in [6.07, 6.45) is 1.51. The van der Waals surface area contributed by atoms with Crippen molar-refractivity contribution >= 4 is 63.8 Å². The first-order chi connectivity index (χ1) is 17.4. The number of hydrogen-bond donors (Lipinski definition) is 0. The lowest BCUT2D eigenvalue weighted by Crippen LogP contribution is -2.51. The fourth-order valence-electron chi connectivity index (χ4n) is 4.09. The molecule has 2 aliphatic heterocycles. The van der Waals surface area contributed by atoms with Crippen LogP contribution in [0.2, 0.25) is 10.0 Å². The van der Waals surface area contributed by atoms with Gasteiger partial charge in [0.2, 0.25) is 5.91 Å². The van der Waals surface area contributed by atoms with E-state index in [4.69, 9.17) is 27.6 Å². The maximum absolute atomic E-state index is 12.9. The molecule has 3 amide bonds. The molecule has 3 heterocycles. The molecule has 0 unspecified atom stereocenters. The number of rotatable bonds is 5. The first-order valence-electron chi connectivity index (χ1n) is 11.3. The standard InChI is InChI=1S/C26H21Cl2N3O4S/c27-20-8-6-17(14-21(20)28)22-9-7-19(35-22)15-23-25(33)31(26(34)36-23)16-24(32)30-12-10-29(11-13-30)18-4-2-1-3-5-18/h1-9,14-15H,10-13,16H2/b23-15-. The van der Waals surface area contributed by atoms with Crippen LogP contribution in [0.25, 0.3) is 17.4 Å². The van der Waals surface area contributed by atoms with Gasteiger partial charge in [-0.25, -0.2) is 0 Å². The van der Waals surface area contributed by atoms with Gasteiger partial charge in [-0.3, -0.25) is 19.3 Å². The van der Waals surface area contributed by atoms with Gasteiger partial charge in [-0.2, -0.15) is 0 Å². The number of thioether (sulfide) groups is 1. The summed E-state index contributed by atoms with van der Waals surface area (Å²) in [7, 11) is 0. The predicted octanol–water partition coefficient (Wildman–Crippen LogP) is 5.64. The molecule has 10 heteroatoms. The highest BCUT2D eigenvalue weighted by Crippen LogP contribution is 2.34. The molecule has 7 nitrogen and oxygen atoms in total. The van der Waals surface area contributed by atoms with Gasteiger partial charge in [0.15, 0.2) is 0 Å². The van der Waals surface area contributed by atoms with Crippen LogP contribution in [0.1, 0.15) is 5.76 Å². The second-order valence-corrected chi connectivity index (χ2v) is 10.1. The molecular weight excluding hydrogens is 521 g/mol. The summed E-state index contributed by atoms with van der Waals surface area (Å²) < 4.78 is 5.81. The monoisotopic (exact) mass is 541 g/mol. The molecule has 2 aliphatic rings. The van der Waals surface area contributed by atoms with E-state index in [0.717, 1.165) is 27.9 Å². The maximum atomic E-state index is 12.9. The fraction of sp³-hybridized carbons (Fsp3) is 0.192. The number of benzene rings is 2. The van der Waals surface area contributed by atoms with E-state index in [0.29, 0.717) is 47.7 Å². The van der Waals surface area contributed by atoms with Gasteiger partial charge in [0.05, 0.1) is 15.0 Å². The quantitative estimate of drug-likeness (QED) is 0.389. The molecule has 3 aromatic rings. The first-order valence-corrected chi connectivity index (χ1v) is 12.8. The van der Waals surface area contributed by atoms with Crippen molar-refractivity contribution in [1.82, 2.24) is 9.80 Å². The number of imide groups is 1. The predicted molar refractivity (Wildman–Crippen MR) is 142 cm³/mol. The number of furan rings is 1. The molecule has 2 aromatic carbocycles. The molecular formula is C26H21Cl2N3O4S. The summed E-state index contributed by atoms with van der Waals surface area (Å²) in [5, 5.41) is 0.367. The van der Waals surface area contributed by atoms with Crippen LogP contribution in [0.3, 0.4) is 0 Å². The molecule has 2 saturated heterocycles. The van der Waals surface area contributed by atoms with Crippen LogP contribution in [0.4, 0.5) is 10.5 Å². The van der Waals surface area contributed by atoms with E-state index in [1.807, 2.05) is 30.3 Å². The van der Waals surface area contributed by atoms with E-state index in [1.54, 1.807) is 35.2 Å². The van der Waals surface area contributed by atoms with Gasteiger partial charge >= 0.3 is 0 Å². The molecule has 0 atom stereocenters. The average Bonchev–Trinajstić information content (AvgIpc) is 3.46. The highest BCUT2D eigenvalue weighted by atomic mass is 35.5. The molecule has 0 radical (unpaired) electrons. The molecule has 0 aliphatic carbocycles. The zero-order chi connectivity index (χ0) is 25.2. The smallest absolute Gasteiger partial charge is 0.294 e. The normalized spacial score (nSPS) is 17.4. The minimum absolute atomic E-state index is 0.205. The highest BCUT2D eigenvalue weighted by Gasteiger charge is 2.37. The second-order valence-electron chi connectivity index (χ2n) is 8.30. The molecule has 2 fully saturated rings. The molecule has 0 saturated carbocycles. The second kappa shape index (κ2) is 10.4. The average molecular weight is 542 g/mol. The molecule has 36 heavy (non-hydrogen) atoms. The Hall–Kier alpha value is -3.20. The Morgan fingerprint density at radius 2 is 1.69 bits per heavy atom. The molecule has 0 bridgehead atoms. The minimum atomic E-state index is -0.506. The van der Waals surface area contributed by atoms with Crippen molar-refractivity contribution in [2.24, 2.45) is 0 Å². The number of hydrogen-bond acceptors (Lipinski definition) is 6. The fourth-order valence-corrected chi connectivity index (χ4v) is 5.21. The summed E-state index contributed by atoms with van der Waals surface area (Å²) in [6, 6.07) is 18.6. The third-order valence-corrected chi connectivity index (χ3v) is 7.67. The van der Waals surface area contributed by atoms with Gasteiger partial charge in [0.25, 0.3) is 11.1 Å². The van der Waals surface area contributed by atoms with E-state index in [9.17, 15) is 14.4 Å². The lowest BCUT2D eigenvalue weighted by molar-refractivity contribution is -0.136. The van der Waals surface area contributed by atoms with Crippen molar-refractivity contribution in [3.8, 4) is 11.3 Å². The summed E-state index contributed by atoms with van der Waals surface area (Å²) in [5.74, 6) is 0.203. The van der Waals surface area contributed by atoms with Crippen LogP contribution in [-0.4, -0.2) is 59.6 Å². The van der Waals surface area contributed by atoms with Crippen molar-refractivity contribution in [2.45, 2.75) is 0 Å². The van der Waals surface area contributed by atoms with Crippen molar-refractivity contribution < 1.29 is 18.8 Å². The number of anilines is 1. The minimum Gasteiger partial charge on any atom is -0.457 e. The van der Waals surface area contributed by atoms with Crippen LogP contribution < -0.4 is 4.90 Å². The third kappa shape index (κ3) is 5.16. The Bertz CT molecular complexity index is 1350. The summed E-state index contributed by atoms with van der Waals surface area (Å²) in [4.78, 5) is 43.4. The lowest BCUT2D eigenvalue weighted by atomic mass is 10.2. The Kier molecular flexibility index (Phi) is 7.09. The molecule has 0 N–H and O–H groups in total. The highest BCUT2D eigenvalue weighted by molar-refractivity contribution is 8.18.